The summed E-state index contributed by atoms with van der Waals surface area (Å²) in [5.41, 5.74) is 3.21. The highest BCUT2D eigenvalue weighted by atomic mass is 19.4. The molecule has 1 fully saturated rings. The molecule has 0 radical (unpaired) electrons. The summed E-state index contributed by atoms with van der Waals surface area (Å²) in [6.45, 7) is 3.84. The fourth-order valence-electron chi connectivity index (χ4n) is 5.74. The van der Waals surface area contributed by atoms with E-state index < -0.39 is 54.3 Å². The molecule has 0 aromatic heterocycles. The lowest BCUT2D eigenvalue weighted by Gasteiger charge is -2.33. The number of nitrogens with zero attached hydrogens (tertiary/aromatic N) is 2. The van der Waals surface area contributed by atoms with Crippen LogP contribution in [0, 0.1) is 5.92 Å². The Labute approximate surface area is 220 Å². The largest absolute Gasteiger partial charge is 0.480 e. The predicted octanol–water partition coefficient (Wildman–Crippen LogP) is 4.24. The van der Waals surface area contributed by atoms with Crippen molar-refractivity contribution in [3.63, 3.8) is 0 Å². The monoisotopic (exact) mass is 539 g/mol. The second-order valence-corrected chi connectivity index (χ2v) is 10.9. The normalized spacial score (nSPS) is 27.6. The number of rotatable bonds is 2. The first-order valence-electron chi connectivity index (χ1n) is 13.4. The minimum absolute atomic E-state index is 0.119. The maximum absolute atomic E-state index is 13.9. The molecule has 3 aliphatic heterocycles. The zero-order chi connectivity index (χ0) is 27.6. The smallest absolute Gasteiger partial charge is 0.410 e. The standard InChI is InChI=1S/C27H36F3N3O5/c1-16(2)23-24(34)33-14-19(12-21(33)25(35)36)38-26(37)32-13-18-10-7-9-17(20(18)15-32)8-5-3-4-6-11-22(31-23)27(28,29)30/h7,9-10,16,19,21-23,31H,3-6,8,11-15H2,1-2H3,(H,35,36)/t19-,21+,22+,23+/m1/s1. The number of alkyl halides is 3. The van der Waals surface area contributed by atoms with Crippen molar-refractivity contribution < 1.29 is 37.4 Å². The molecule has 8 nitrogen and oxygen atoms in total. The summed E-state index contributed by atoms with van der Waals surface area (Å²) < 4.78 is 47.5. The Balaban J connectivity index is 1.61. The minimum Gasteiger partial charge on any atom is -0.480 e. The summed E-state index contributed by atoms with van der Waals surface area (Å²) in [4.78, 5) is 41.1. The van der Waals surface area contributed by atoms with Gasteiger partial charge in [0.15, 0.2) is 0 Å². The van der Waals surface area contributed by atoms with Crippen molar-refractivity contribution in [3.8, 4) is 0 Å². The molecule has 0 aliphatic carbocycles. The van der Waals surface area contributed by atoms with Crippen LogP contribution in [-0.2, 0) is 33.8 Å². The molecule has 0 saturated carbocycles. The quantitative estimate of drug-likeness (QED) is 0.583. The fraction of sp³-hybridized carbons (Fsp3) is 0.667. The van der Waals surface area contributed by atoms with E-state index in [0.29, 0.717) is 25.9 Å². The van der Waals surface area contributed by atoms with E-state index in [1.165, 1.54) is 0 Å². The lowest BCUT2D eigenvalue weighted by Crippen LogP contribution is -2.57. The number of carbonyl (C=O) groups excluding carboxylic acids is 2. The van der Waals surface area contributed by atoms with Crippen molar-refractivity contribution in [2.75, 3.05) is 6.54 Å². The Kier molecular flexibility index (Phi) is 8.54. The molecule has 4 atom stereocenters. The first-order chi connectivity index (χ1) is 18.0. The van der Waals surface area contributed by atoms with Crippen LogP contribution in [0.5, 0.6) is 0 Å². The van der Waals surface area contributed by atoms with Crippen molar-refractivity contribution in [2.24, 2.45) is 5.92 Å². The summed E-state index contributed by atoms with van der Waals surface area (Å²) in [5.74, 6) is -2.53. The molecule has 3 heterocycles. The Morgan fingerprint density at radius 2 is 1.82 bits per heavy atom. The first-order valence-corrected chi connectivity index (χ1v) is 13.4. The molecule has 1 aromatic carbocycles. The molecule has 38 heavy (non-hydrogen) atoms. The van der Waals surface area contributed by atoms with Gasteiger partial charge in [0.2, 0.25) is 5.91 Å². The fourth-order valence-corrected chi connectivity index (χ4v) is 5.74. The Morgan fingerprint density at radius 3 is 2.50 bits per heavy atom. The van der Waals surface area contributed by atoms with E-state index in [2.05, 4.69) is 5.32 Å². The second-order valence-electron chi connectivity index (χ2n) is 10.9. The maximum Gasteiger partial charge on any atom is 0.410 e. The SMILES string of the molecule is CC(C)[C@@H]1N[C@H](C(F)(F)F)CCCCCCc2cccc3c2CN(C3)C(=O)O[C@@H]2C[C@@H](C(=O)O)N(C2)C1=O. The Bertz CT molecular complexity index is 1050. The van der Waals surface area contributed by atoms with Crippen LogP contribution in [0.15, 0.2) is 18.2 Å². The van der Waals surface area contributed by atoms with Crippen molar-refractivity contribution in [1.82, 2.24) is 15.1 Å². The molecule has 11 heteroatoms. The van der Waals surface area contributed by atoms with Crippen LogP contribution < -0.4 is 5.32 Å². The number of amides is 2. The van der Waals surface area contributed by atoms with Crippen LogP contribution in [0.4, 0.5) is 18.0 Å². The van der Waals surface area contributed by atoms with Gasteiger partial charge < -0.3 is 14.7 Å². The van der Waals surface area contributed by atoms with Crippen LogP contribution in [0.3, 0.4) is 0 Å². The van der Waals surface area contributed by atoms with Crippen LogP contribution in [-0.4, -0.2) is 69.8 Å². The van der Waals surface area contributed by atoms with Gasteiger partial charge in [-0.3, -0.25) is 15.0 Å². The zero-order valence-electron chi connectivity index (χ0n) is 21.8. The number of benzene rings is 1. The van der Waals surface area contributed by atoms with Crippen molar-refractivity contribution in [2.45, 2.75) is 102 Å². The summed E-state index contributed by atoms with van der Waals surface area (Å²) in [6, 6.07) is 1.51. The molecular formula is C27H36F3N3O5. The summed E-state index contributed by atoms with van der Waals surface area (Å²) >= 11 is 0. The van der Waals surface area contributed by atoms with Gasteiger partial charge in [0.25, 0.3) is 0 Å². The lowest BCUT2D eigenvalue weighted by molar-refractivity contribution is -0.164. The van der Waals surface area contributed by atoms with Crippen LogP contribution in [0.25, 0.3) is 0 Å². The van der Waals surface area contributed by atoms with E-state index in [-0.39, 0.29) is 19.4 Å². The van der Waals surface area contributed by atoms with Crippen molar-refractivity contribution in [3.05, 3.63) is 34.9 Å². The number of hydrogen-bond donors (Lipinski definition) is 2. The van der Waals surface area contributed by atoms with Gasteiger partial charge in [0.1, 0.15) is 18.2 Å². The third-order valence-corrected chi connectivity index (χ3v) is 7.83. The molecule has 210 valence electrons. The van der Waals surface area contributed by atoms with E-state index in [9.17, 15) is 32.7 Å². The highest BCUT2D eigenvalue weighted by Gasteiger charge is 2.47. The van der Waals surface area contributed by atoms with E-state index in [0.717, 1.165) is 40.9 Å². The summed E-state index contributed by atoms with van der Waals surface area (Å²) in [5, 5.41) is 12.3. The average molecular weight is 540 g/mol. The zero-order valence-corrected chi connectivity index (χ0v) is 21.8. The van der Waals surface area contributed by atoms with Gasteiger partial charge in [0, 0.05) is 19.5 Å². The molecule has 1 aromatic rings. The third kappa shape index (κ3) is 6.24. The third-order valence-electron chi connectivity index (χ3n) is 7.83. The molecule has 0 spiro atoms. The summed E-state index contributed by atoms with van der Waals surface area (Å²) in [6.07, 6.45) is -2.97. The molecule has 4 bridgehead atoms. The summed E-state index contributed by atoms with van der Waals surface area (Å²) in [7, 11) is 0. The number of halogens is 3. The lowest BCUT2D eigenvalue weighted by atomic mass is 9.97. The molecule has 0 unspecified atom stereocenters. The first kappa shape index (κ1) is 28.2. The van der Waals surface area contributed by atoms with Gasteiger partial charge in [-0.2, -0.15) is 13.2 Å². The highest BCUT2D eigenvalue weighted by molar-refractivity contribution is 5.88. The molecular weight excluding hydrogens is 503 g/mol. The number of carbonyl (C=O) groups is 3. The highest BCUT2D eigenvalue weighted by Crippen LogP contribution is 2.31. The Morgan fingerprint density at radius 1 is 1.11 bits per heavy atom. The van der Waals surface area contributed by atoms with Gasteiger partial charge in [-0.15, -0.1) is 0 Å². The van der Waals surface area contributed by atoms with E-state index in [4.69, 9.17) is 4.74 Å². The van der Waals surface area contributed by atoms with Crippen molar-refractivity contribution in [1.29, 1.82) is 0 Å². The maximum atomic E-state index is 13.9. The Hall–Kier alpha value is -2.82. The van der Waals surface area contributed by atoms with Crippen LogP contribution in [0.1, 0.15) is 69.1 Å². The molecule has 4 rings (SSSR count). The van der Waals surface area contributed by atoms with Crippen molar-refractivity contribution >= 4 is 18.0 Å². The number of nitrogens with one attached hydrogen (secondary N) is 1. The van der Waals surface area contributed by atoms with Gasteiger partial charge in [-0.1, -0.05) is 51.3 Å². The molecule has 2 N–H and O–H groups in total. The number of aliphatic carboxylic acids is 1. The number of fused-ring (bicyclic) bond motifs is 3. The van der Waals surface area contributed by atoms with E-state index >= 15 is 0 Å². The molecule has 2 amide bonds. The topological polar surface area (TPSA) is 99.2 Å². The number of aryl methyl sites for hydroxylation is 1. The number of hydrogen-bond acceptors (Lipinski definition) is 5. The van der Waals surface area contributed by atoms with Crippen LogP contribution >= 0.6 is 0 Å². The van der Waals surface area contributed by atoms with E-state index in [1.807, 2.05) is 18.2 Å². The minimum atomic E-state index is -4.56. The number of carboxylic acids is 1. The van der Waals surface area contributed by atoms with Crippen LogP contribution in [0.2, 0.25) is 0 Å². The number of ether oxygens (including phenoxy) is 1. The molecule has 1 saturated heterocycles. The second kappa shape index (κ2) is 11.5. The predicted molar refractivity (Wildman–Crippen MR) is 132 cm³/mol. The van der Waals surface area contributed by atoms with Gasteiger partial charge in [-0.05, 0) is 41.9 Å². The van der Waals surface area contributed by atoms with Gasteiger partial charge in [0.05, 0.1) is 12.6 Å². The number of carboxylic acid groups (broad SMARTS) is 1. The van der Waals surface area contributed by atoms with Gasteiger partial charge >= 0.3 is 18.2 Å². The van der Waals surface area contributed by atoms with E-state index in [1.54, 1.807) is 18.7 Å². The average Bonchev–Trinajstić information content (AvgIpc) is 3.46. The van der Waals surface area contributed by atoms with Gasteiger partial charge in [-0.25, -0.2) is 9.59 Å². The molecule has 3 aliphatic rings.